The molecule has 0 saturated heterocycles. The van der Waals surface area contributed by atoms with Crippen molar-refractivity contribution < 1.29 is 18.7 Å². The number of methoxy groups -OCH3 is 1. The number of ether oxygens (including phenoxy) is 2. The number of aryl methyl sites for hydroxylation is 1. The summed E-state index contributed by atoms with van der Waals surface area (Å²) >= 11 is 1.32. The smallest absolute Gasteiger partial charge is 0.338 e. The van der Waals surface area contributed by atoms with Crippen LogP contribution in [0.4, 0.5) is 4.39 Å². The van der Waals surface area contributed by atoms with Crippen LogP contribution in [0.1, 0.15) is 47.5 Å². The third kappa shape index (κ3) is 5.79. The van der Waals surface area contributed by atoms with Gasteiger partial charge in [0.05, 0.1) is 29.0 Å². The maximum atomic E-state index is 14.0. The number of nitrogens with zero attached hydrogens (tertiary/aromatic N) is 3. The van der Waals surface area contributed by atoms with E-state index in [-0.39, 0.29) is 11.4 Å². The summed E-state index contributed by atoms with van der Waals surface area (Å²) in [7, 11) is 1.35. The highest BCUT2D eigenvalue weighted by atomic mass is 32.1. The first-order valence-electron chi connectivity index (χ1n) is 14.6. The molecule has 228 valence electrons. The second-order valence-electron chi connectivity index (χ2n) is 10.8. The lowest BCUT2D eigenvalue weighted by Gasteiger charge is -2.25. The van der Waals surface area contributed by atoms with Crippen molar-refractivity contribution in [2.45, 2.75) is 39.8 Å². The minimum absolute atomic E-state index is 0.211. The van der Waals surface area contributed by atoms with Crippen molar-refractivity contribution >= 4 is 23.4 Å². The first-order valence-corrected chi connectivity index (χ1v) is 15.5. The Bertz CT molecular complexity index is 2090. The van der Waals surface area contributed by atoms with E-state index in [0.29, 0.717) is 39.4 Å². The van der Waals surface area contributed by atoms with Gasteiger partial charge in [-0.3, -0.25) is 9.36 Å². The summed E-state index contributed by atoms with van der Waals surface area (Å²) in [6, 6.07) is 25.0. The zero-order chi connectivity index (χ0) is 31.7. The van der Waals surface area contributed by atoms with Gasteiger partial charge in [-0.25, -0.2) is 14.2 Å². The lowest BCUT2D eigenvalue weighted by Crippen LogP contribution is -2.40. The lowest BCUT2D eigenvalue weighted by molar-refractivity contribution is -0.136. The van der Waals surface area contributed by atoms with Crippen molar-refractivity contribution in [2.75, 3.05) is 7.11 Å². The molecular formula is C36H32FN3O4S. The fraction of sp³-hybridized carbons (Fsp3) is 0.194. The van der Waals surface area contributed by atoms with Crippen molar-refractivity contribution in [3.63, 3.8) is 0 Å². The maximum Gasteiger partial charge on any atom is 0.338 e. The van der Waals surface area contributed by atoms with Crippen LogP contribution in [0.2, 0.25) is 0 Å². The minimum Gasteiger partial charge on any atom is -0.489 e. The average molecular weight is 622 g/mol. The summed E-state index contributed by atoms with van der Waals surface area (Å²) in [5.41, 5.74) is 6.34. The Labute approximate surface area is 263 Å². The number of aromatic nitrogens is 2. The number of hydrogen-bond donors (Lipinski definition) is 0. The van der Waals surface area contributed by atoms with E-state index in [1.807, 2.05) is 81.4 Å². The Morgan fingerprint density at radius 2 is 1.73 bits per heavy atom. The van der Waals surface area contributed by atoms with Crippen LogP contribution in [-0.4, -0.2) is 22.2 Å². The van der Waals surface area contributed by atoms with E-state index >= 15 is 0 Å². The van der Waals surface area contributed by atoms with Gasteiger partial charge in [-0.15, -0.1) is 0 Å². The molecule has 0 amide bonds. The Morgan fingerprint density at radius 1 is 1.02 bits per heavy atom. The molecule has 6 rings (SSSR count). The number of fused-ring (bicyclic) bond motifs is 1. The number of halogens is 1. The second kappa shape index (κ2) is 12.5. The predicted molar refractivity (Wildman–Crippen MR) is 173 cm³/mol. The fourth-order valence-corrected chi connectivity index (χ4v) is 6.74. The van der Waals surface area contributed by atoms with Crippen LogP contribution in [0, 0.1) is 19.7 Å². The standard InChI is InChI=1S/C36H32FN3O4S/c1-5-30-32(35(42)43-4)33(25-9-7-6-8-10-25)40-34(41)31(45-36(40)38-30)20-26-19-22(2)39(23(26)3)28-15-17-29(18-16-28)44-21-24-11-13-27(37)14-12-24/h6-20,33H,5,21H2,1-4H3/b31-20+/t33-/m0/s1. The SMILES string of the molecule is CCC1=C(C(=O)OC)[C@H](c2ccccc2)n2c(s/c(=C/c3cc(C)n(-c4ccc(OCc5ccc(F)cc5)cc4)c3C)c2=O)=N1. The van der Waals surface area contributed by atoms with E-state index in [0.717, 1.165) is 33.8 Å². The first-order chi connectivity index (χ1) is 21.8. The first kappa shape index (κ1) is 30.0. The summed E-state index contributed by atoms with van der Waals surface area (Å²) in [6.07, 6.45) is 2.43. The van der Waals surface area contributed by atoms with Crippen LogP contribution in [0.5, 0.6) is 5.75 Å². The molecule has 0 saturated carbocycles. The van der Waals surface area contributed by atoms with Crippen LogP contribution in [0.3, 0.4) is 0 Å². The van der Waals surface area contributed by atoms with Crippen LogP contribution < -0.4 is 19.6 Å². The maximum absolute atomic E-state index is 14.0. The molecule has 3 aromatic carbocycles. The van der Waals surface area contributed by atoms with E-state index in [1.54, 1.807) is 16.7 Å². The highest BCUT2D eigenvalue weighted by Crippen LogP contribution is 2.32. The summed E-state index contributed by atoms with van der Waals surface area (Å²) in [6.45, 7) is 6.33. The largest absolute Gasteiger partial charge is 0.489 e. The zero-order valence-electron chi connectivity index (χ0n) is 25.4. The molecule has 9 heteroatoms. The van der Waals surface area contributed by atoms with Gasteiger partial charge < -0.3 is 14.0 Å². The second-order valence-corrected chi connectivity index (χ2v) is 11.8. The van der Waals surface area contributed by atoms with Gasteiger partial charge in [0.2, 0.25) is 0 Å². The molecule has 1 atom stereocenters. The monoisotopic (exact) mass is 621 g/mol. The molecule has 0 radical (unpaired) electrons. The van der Waals surface area contributed by atoms with Gasteiger partial charge in [0.15, 0.2) is 4.80 Å². The van der Waals surface area contributed by atoms with Crippen molar-refractivity contribution in [3.8, 4) is 11.4 Å². The fourth-order valence-electron chi connectivity index (χ4n) is 5.73. The van der Waals surface area contributed by atoms with Gasteiger partial charge in [0, 0.05) is 17.1 Å². The Kier molecular flexibility index (Phi) is 8.36. The molecular weight excluding hydrogens is 589 g/mol. The minimum atomic E-state index is -0.636. The van der Waals surface area contributed by atoms with E-state index in [2.05, 4.69) is 10.6 Å². The average Bonchev–Trinajstić information content (AvgIpc) is 3.53. The summed E-state index contributed by atoms with van der Waals surface area (Å²) in [5.74, 6) is -0.0606. The molecule has 2 aromatic heterocycles. The molecule has 0 N–H and O–H groups in total. The third-order valence-electron chi connectivity index (χ3n) is 7.94. The van der Waals surface area contributed by atoms with Crippen LogP contribution in [0.15, 0.2) is 106 Å². The number of allylic oxidation sites excluding steroid dienone is 1. The molecule has 0 bridgehead atoms. The van der Waals surface area contributed by atoms with Gasteiger partial charge in [-0.1, -0.05) is 60.7 Å². The lowest BCUT2D eigenvalue weighted by atomic mass is 9.95. The summed E-state index contributed by atoms with van der Waals surface area (Å²) in [5, 5.41) is 0. The quantitative estimate of drug-likeness (QED) is 0.202. The van der Waals surface area contributed by atoms with Crippen LogP contribution in [-0.2, 0) is 16.1 Å². The third-order valence-corrected chi connectivity index (χ3v) is 8.92. The number of thiazole rings is 1. The summed E-state index contributed by atoms with van der Waals surface area (Å²) in [4.78, 5) is 32.3. The van der Waals surface area contributed by atoms with Crippen LogP contribution >= 0.6 is 11.3 Å². The van der Waals surface area contributed by atoms with Gasteiger partial charge in [-0.05, 0) is 85.5 Å². The van der Waals surface area contributed by atoms with Crippen molar-refractivity contribution in [2.24, 2.45) is 4.99 Å². The van der Waals surface area contributed by atoms with Crippen molar-refractivity contribution in [3.05, 3.63) is 150 Å². The van der Waals surface area contributed by atoms with Crippen molar-refractivity contribution in [1.82, 2.24) is 9.13 Å². The Balaban J connectivity index is 1.35. The van der Waals surface area contributed by atoms with E-state index < -0.39 is 12.0 Å². The molecule has 0 fully saturated rings. The molecule has 1 aliphatic heterocycles. The number of esters is 1. The molecule has 3 heterocycles. The molecule has 0 spiro atoms. The highest BCUT2D eigenvalue weighted by Gasteiger charge is 2.33. The molecule has 5 aromatic rings. The van der Waals surface area contributed by atoms with Gasteiger partial charge in [-0.2, -0.15) is 0 Å². The molecule has 0 aliphatic carbocycles. The van der Waals surface area contributed by atoms with E-state index in [9.17, 15) is 14.0 Å². The van der Waals surface area contributed by atoms with Gasteiger partial charge in [0.25, 0.3) is 5.56 Å². The highest BCUT2D eigenvalue weighted by molar-refractivity contribution is 7.07. The normalized spacial score (nSPS) is 14.7. The van der Waals surface area contributed by atoms with Gasteiger partial charge >= 0.3 is 5.97 Å². The molecule has 7 nitrogen and oxygen atoms in total. The predicted octanol–water partition coefficient (Wildman–Crippen LogP) is 5.92. The summed E-state index contributed by atoms with van der Waals surface area (Å²) < 4.78 is 28.5. The van der Waals surface area contributed by atoms with Crippen molar-refractivity contribution in [1.29, 1.82) is 0 Å². The Morgan fingerprint density at radius 3 is 2.40 bits per heavy atom. The topological polar surface area (TPSA) is 74.8 Å². The number of rotatable bonds is 8. The molecule has 45 heavy (non-hydrogen) atoms. The zero-order valence-corrected chi connectivity index (χ0v) is 26.2. The molecule has 0 unspecified atom stereocenters. The Hall–Kier alpha value is -5.02. The van der Waals surface area contributed by atoms with Crippen LogP contribution in [0.25, 0.3) is 11.8 Å². The number of hydrogen-bond acceptors (Lipinski definition) is 6. The van der Waals surface area contributed by atoms with E-state index in [1.165, 1.54) is 30.6 Å². The molecule has 1 aliphatic rings. The number of carbonyl (C=O) groups is 1. The number of benzene rings is 3. The number of carbonyl (C=O) groups excluding carboxylic acids is 1. The van der Waals surface area contributed by atoms with Gasteiger partial charge in [0.1, 0.15) is 18.2 Å². The van der Waals surface area contributed by atoms with E-state index in [4.69, 9.17) is 14.5 Å².